The zero-order chi connectivity index (χ0) is 10.7. The number of aromatic amines is 1. The molecular weight excluding hydrogens is 190 g/mol. The molecule has 1 aromatic heterocycles. The van der Waals surface area contributed by atoms with Gasteiger partial charge in [0, 0.05) is 17.9 Å². The van der Waals surface area contributed by atoms with Crippen LogP contribution >= 0.6 is 0 Å². The van der Waals surface area contributed by atoms with Gasteiger partial charge in [0.1, 0.15) is 11.6 Å². The Balaban J connectivity index is 2.09. The fourth-order valence-corrected chi connectivity index (χ4v) is 1.23. The van der Waals surface area contributed by atoms with Gasteiger partial charge in [0.25, 0.3) is 5.91 Å². The lowest BCUT2D eigenvalue weighted by molar-refractivity contribution is -0.117. The predicted octanol–water partition coefficient (Wildman–Crippen LogP) is 1.20. The number of aromatic nitrogens is 1. The Morgan fingerprint density at radius 2 is 2.47 bits per heavy atom. The third kappa shape index (κ3) is 2.47. The average molecular weight is 201 g/mol. The Bertz CT molecular complexity index is 421. The van der Waals surface area contributed by atoms with Gasteiger partial charge in [-0.15, -0.1) is 0 Å². The molecule has 1 fully saturated rings. The van der Waals surface area contributed by atoms with E-state index in [-0.39, 0.29) is 17.5 Å². The highest BCUT2D eigenvalue weighted by molar-refractivity contribution is 6.01. The van der Waals surface area contributed by atoms with Crippen molar-refractivity contribution in [2.45, 2.75) is 18.9 Å². The van der Waals surface area contributed by atoms with E-state index in [4.69, 9.17) is 5.26 Å². The SMILES string of the molecule is N#CC(=Cc1ccc[nH]1)C(=O)NC1CC1. The zero-order valence-corrected chi connectivity index (χ0v) is 8.16. The molecule has 1 aliphatic carbocycles. The lowest BCUT2D eigenvalue weighted by Crippen LogP contribution is -2.26. The molecule has 0 aliphatic heterocycles. The molecule has 1 amide bonds. The van der Waals surface area contributed by atoms with Crippen molar-refractivity contribution in [2.75, 3.05) is 0 Å². The van der Waals surface area contributed by atoms with Crippen LogP contribution in [0.15, 0.2) is 23.9 Å². The summed E-state index contributed by atoms with van der Waals surface area (Å²) >= 11 is 0. The standard InChI is InChI=1S/C11H11N3O/c12-7-8(6-10-2-1-5-13-10)11(15)14-9-3-4-9/h1-2,5-6,9,13H,3-4H2,(H,14,15). The molecule has 0 saturated heterocycles. The van der Waals surface area contributed by atoms with E-state index in [2.05, 4.69) is 10.3 Å². The second-order valence-corrected chi connectivity index (χ2v) is 3.54. The molecular formula is C11H11N3O. The number of hydrogen-bond acceptors (Lipinski definition) is 2. The zero-order valence-electron chi connectivity index (χ0n) is 8.16. The normalized spacial score (nSPS) is 15.8. The molecule has 2 rings (SSSR count). The first-order valence-electron chi connectivity index (χ1n) is 4.85. The molecule has 1 aromatic rings. The van der Waals surface area contributed by atoms with E-state index >= 15 is 0 Å². The molecule has 0 spiro atoms. The summed E-state index contributed by atoms with van der Waals surface area (Å²) in [5.41, 5.74) is 0.904. The molecule has 15 heavy (non-hydrogen) atoms. The molecule has 0 radical (unpaired) electrons. The van der Waals surface area contributed by atoms with Crippen molar-refractivity contribution in [1.82, 2.24) is 10.3 Å². The van der Waals surface area contributed by atoms with Crippen LogP contribution in [0.3, 0.4) is 0 Å². The van der Waals surface area contributed by atoms with Gasteiger partial charge in [-0.05, 0) is 31.1 Å². The van der Waals surface area contributed by atoms with E-state index in [1.165, 1.54) is 0 Å². The summed E-state index contributed by atoms with van der Waals surface area (Å²) in [5, 5.41) is 11.6. The summed E-state index contributed by atoms with van der Waals surface area (Å²) in [7, 11) is 0. The molecule has 1 saturated carbocycles. The monoisotopic (exact) mass is 201 g/mol. The fraction of sp³-hybridized carbons (Fsp3) is 0.273. The second-order valence-electron chi connectivity index (χ2n) is 3.54. The molecule has 0 unspecified atom stereocenters. The second kappa shape index (κ2) is 4.01. The Labute approximate surface area is 87.6 Å². The van der Waals surface area contributed by atoms with Crippen molar-refractivity contribution in [2.24, 2.45) is 0 Å². The number of nitrogens with zero attached hydrogens (tertiary/aromatic N) is 1. The lowest BCUT2D eigenvalue weighted by atomic mass is 10.2. The van der Waals surface area contributed by atoms with Gasteiger partial charge in [0.2, 0.25) is 0 Å². The molecule has 0 aromatic carbocycles. The largest absolute Gasteiger partial charge is 0.362 e. The molecule has 4 heteroatoms. The van der Waals surface area contributed by atoms with Gasteiger partial charge in [-0.3, -0.25) is 4.79 Å². The Hall–Kier alpha value is -2.02. The number of carbonyl (C=O) groups is 1. The Morgan fingerprint density at radius 1 is 1.67 bits per heavy atom. The average Bonchev–Trinajstić information content (AvgIpc) is 2.89. The number of amides is 1. The van der Waals surface area contributed by atoms with E-state index in [1.54, 1.807) is 12.3 Å². The molecule has 76 valence electrons. The topological polar surface area (TPSA) is 68.7 Å². The molecule has 4 nitrogen and oxygen atoms in total. The Kier molecular flexibility index (Phi) is 2.55. The number of rotatable bonds is 3. The quantitative estimate of drug-likeness (QED) is 0.570. The van der Waals surface area contributed by atoms with Crippen LogP contribution < -0.4 is 5.32 Å². The summed E-state index contributed by atoms with van der Waals surface area (Å²) in [6.45, 7) is 0. The van der Waals surface area contributed by atoms with Gasteiger partial charge >= 0.3 is 0 Å². The smallest absolute Gasteiger partial charge is 0.262 e. The molecule has 1 aliphatic rings. The molecule has 0 atom stereocenters. The maximum Gasteiger partial charge on any atom is 0.262 e. The third-order valence-electron chi connectivity index (χ3n) is 2.20. The minimum atomic E-state index is -0.283. The number of carbonyl (C=O) groups excluding carboxylic acids is 1. The van der Waals surface area contributed by atoms with E-state index in [9.17, 15) is 4.79 Å². The van der Waals surface area contributed by atoms with Crippen molar-refractivity contribution < 1.29 is 4.79 Å². The van der Waals surface area contributed by atoms with Crippen molar-refractivity contribution in [3.05, 3.63) is 29.6 Å². The van der Waals surface area contributed by atoms with Crippen LogP contribution in [0.4, 0.5) is 0 Å². The summed E-state index contributed by atoms with van der Waals surface area (Å²) in [5.74, 6) is -0.283. The van der Waals surface area contributed by atoms with Crippen LogP contribution in [0, 0.1) is 11.3 Å². The Morgan fingerprint density at radius 3 is 3.00 bits per heavy atom. The highest BCUT2D eigenvalue weighted by Crippen LogP contribution is 2.19. The van der Waals surface area contributed by atoms with E-state index < -0.39 is 0 Å². The highest BCUT2D eigenvalue weighted by Gasteiger charge is 2.24. The van der Waals surface area contributed by atoms with Crippen LogP contribution in [0.5, 0.6) is 0 Å². The van der Waals surface area contributed by atoms with Crippen LogP contribution in [0.25, 0.3) is 6.08 Å². The summed E-state index contributed by atoms with van der Waals surface area (Å²) in [4.78, 5) is 14.5. The van der Waals surface area contributed by atoms with Crippen molar-refractivity contribution in [3.63, 3.8) is 0 Å². The first-order chi connectivity index (χ1) is 7.29. The van der Waals surface area contributed by atoms with E-state index in [0.29, 0.717) is 0 Å². The summed E-state index contributed by atoms with van der Waals surface area (Å²) in [6, 6.07) is 5.80. The molecule has 1 heterocycles. The van der Waals surface area contributed by atoms with Gasteiger partial charge < -0.3 is 10.3 Å². The first kappa shape index (κ1) is 9.53. The number of nitrogens with one attached hydrogen (secondary N) is 2. The maximum absolute atomic E-state index is 11.5. The maximum atomic E-state index is 11.5. The fourth-order valence-electron chi connectivity index (χ4n) is 1.23. The summed E-state index contributed by atoms with van der Waals surface area (Å²) in [6.07, 6.45) is 5.34. The van der Waals surface area contributed by atoms with Crippen molar-refractivity contribution >= 4 is 12.0 Å². The van der Waals surface area contributed by atoms with Gasteiger partial charge in [-0.1, -0.05) is 0 Å². The lowest BCUT2D eigenvalue weighted by Gasteiger charge is -2.00. The minimum Gasteiger partial charge on any atom is -0.362 e. The van der Waals surface area contributed by atoms with E-state index in [1.807, 2.05) is 18.2 Å². The predicted molar refractivity (Wildman–Crippen MR) is 55.5 cm³/mol. The minimum absolute atomic E-state index is 0.143. The van der Waals surface area contributed by atoms with Gasteiger partial charge in [-0.25, -0.2) is 0 Å². The van der Waals surface area contributed by atoms with Crippen molar-refractivity contribution in [1.29, 1.82) is 5.26 Å². The molecule has 0 bridgehead atoms. The van der Waals surface area contributed by atoms with Crippen LogP contribution in [-0.2, 0) is 4.79 Å². The van der Waals surface area contributed by atoms with Crippen molar-refractivity contribution in [3.8, 4) is 6.07 Å². The highest BCUT2D eigenvalue weighted by atomic mass is 16.1. The van der Waals surface area contributed by atoms with Gasteiger partial charge in [-0.2, -0.15) is 5.26 Å². The van der Waals surface area contributed by atoms with Crippen LogP contribution in [0.1, 0.15) is 18.5 Å². The molecule has 2 N–H and O–H groups in total. The van der Waals surface area contributed by atoms with Crippen LogP contribution in [-0.4, -0.2) is 16.9 Å². The number of hydrogen-bond donors (Lipinski definition) is 2. The van der Waals surface area contributed by atoms with E-state index in [0.717, 1.165) is 18.5 Å². The number of nitriles is 1. The third-order valence-corrected chi connectivity index (χ3v) is 2.20. The summed E-state index contributed by atoms with van der Waals surface area (Å²) < 4.78 is 0. The van der Waals surface area contributed by atoms with Gasteiger partial charge in [0.15, 0.2) is 0 Å². The van der Waals surface area contributed by atoms with Crippen LogP contribution in [0.2, 0.25) is 0 Å². The first-order valence-corrected chi connectivity index (χ1v) is 4.85. The van der Waals surface area contributed by atoms with Gasteiger partial charge in [0.05, 0.1) is 0 Å². The number of H-pyrrole nitrogens is 1.